The van der Waals surface area contributed by atoms with Crippen LogP contribution in [0.25, 0.3) is 0 Å². The zero-order chi connectivity index (χ0) is 7.49. The summed E-state index contributed by atoms with van der Waals surface area (Å²) < 4.78 is 0. The molecule has 0 saturated heterocycles. The van der Waals surface area contributed by atoms with Gasteiger partial charge in [0, 0.05) is 5.54 Å². The van der Waals surface area contributed by atoms with Crippen molar-refractivity contribution in [2.75, 3.05) is 0 Å². The van der Waals surface area contributed by atoms with Crippen LogP contribution in [0.2, 0.25) is 0 Å². The van der Waals surface area contributed by atoms with E-state index in [1.165, 1.54) is 6.08 Å². The average molecular weight is 151 g/mol. The van der Waals surface area contributed by atoms with Crippen LogP contribution in [-0.2, 0) is 4.79 Å². The zero-order valence-electron chi connectivity index (χ0n) is 6.19. The molecule has 0 aliphatic carbocycles. The maximum atomic E-state index is 10.6. The number of hydrogen-bond donors (Lipinski definition) is 1. The summed E-state index contributed by atoms with van der Waals surface area (Å²) >= 11 is 0. The molecule has 1 N–H and O–H groups in total. The SMILES string of the molecule is C=CC(=O)NC(C)(C)C.[NaH]. The Bertz CT molecular complexity index is 126. The number of carbonyl (C=O) groups is 1. The number of amides is 1. The monoisotopic (exact) mass is 151 g/mol. The second kappa shape index (κ2) is 4.94. The van der Waals surface area contributed by atoms with Gasteiger partial charge in [-0.2, -0.15) is 0 Å². The van der Waals surface area contributed by atoms with Crippen LogP contribution >= 0.6 is 0 Å². The summed E-state index contributed by atoms with van der Waals surface area (Å²) in [7, 11) is 0. The average Bonchev–Trinajstić information content (AvgIpc) is 1.62. The molecule has 0 aromatic carbocycles. The first kappa shape index (κ1) is 12.8. The third kappa shape index (κ3) is 8.21. The first-order valence-electron chi connectivity index (χ1n) is 2.90. The standard InChI is InChI=1S/C7H13NO.Na.H/c1-5-6(9)8-7(2,3)4;;/h5H,1H2,2-4H3,(H,8,9);;. The van der Waals surface area contributed by atoms with Crippen LogP contribution in [-0.4, -0.2) is 41.0 Å². The predicted octanol–water partition coefficient (Wildman–Crippen LogP) is 0.439. The van der Waals surface area contributed by atoms with Crippen molar-refractivity contribution in [2.45, 2.75) is 26.3 Å². The van der Waals surface area contributed by atoms with Gasteiger partial charge in [0.25, 0.3) is 0 Å². The molecular formula is C7H14NNaO. The molecule has 0 rings (SSSR count). The van der Waals surface area contributed by atoms with E-state index < -0.39 is 0 Å². The fraction of sp³-hybridized carbons (Fsp3) is 0.571. The quantitative estimate of drug-likeness (QED) is 0.427. The molecule has 0 unspecified atom stereocenters. The number of carbonyl (C=O) groups excluding carboxylic acids is 1. The molecular weight excluding hydrogens is 137 g/mol. The van der Waals surface area contributed by atoms with Gasteiger partial charge in [-0.05, 0) is 26.8 Å². The van der Waals surface area contributed by atoms with E-state index >= 15 is 0 Å². The number of hydrogen-bond acceptors (Lipinski definition) is 1. The van der Waals surface area contributed by atoms with Crippen molar-refractivity contribution < 1.29 is 4.79 Å². The minimum atomic E-state index is -0.148. The third-order valence-electron chi connectivity index (χ3n) is 0.684. The Morgan fingerprint density at radius 3 is 2.00 bits per heavy atom. The van der Waals surface area contributed by atoms with Crippen molar-refractivity contribution in [1.29, 1.82) is 0 Å². The molecule has 0 aromatic heterocycles. The molecule has 0 saturated carbocycles. The summed E-state index contributed by atoms with van der Waals surface area (Å²) in [5.41, 5.74) is -0.148. The second-order valence-electron chi connectivity index (χ2n) is 2.94. The Labute approximate surface area is 84.4 Å². The molecule has 2 nitrogen and oxygen atoms in total. The summed E-state index contributed by atoms with van der Waals surface area (Å²) in [5.74, 6) is -0.123. The van der Waals surface area contributed by atoms with E-state index in [1.54, 1.807) is 0 Å². The van der Waals surface area contributed by atoms with Crippen molar-refractivity contribution in [2.24, 2.45) is 0 Å². The van der Waals surface area contributed by atoms with E-state index in [4.69, 9.17) is 0 Å². The van der Waals surface area contributed by atoms with E-state index in [1.807, 2.05) is 20.8 Å². The molecule has 0 atom stereocenters. The molecule has 0 aromatic rings. The number of rotatable bonds is 1. The van der Waals surface area contributed by atoms with Crippen LogP contribution in [0.5, 0.6) is 0 Å². The van der Waals surface area contributed by atoms with Gasteiger partial charge in [0.1, 0.15) is 0 Å². The van der Waals surface area contributed by atoms with E-state index in [0.29, 0.717) is 0 Å². The molecule has 0 aliphatic rings. The van der Waals surface area contributed by atoms with Crippen molar-refractivity contribution in [3.05, 3.63) is 12.7 Å². The first-order valence-corrected chi connectivity index (χ1v) is 2.90. The molecule has 10 heavy (non-hydrogen) atoms. The first-order chi connectivity index (χ1) is 3.95. The van der Waals surface area contributed by atoms with E-state index in [9.17, 15) is 4.79 Å². The maximum absolute atomic E-state index is 10.6. The fourth-order valence-corrected chi connectivity index (χ4v) is 0.421. The summed E-state index contributed by atoms with van der Waals surface area (Å²) in [5, 5.41) is 2.71. The molecule has 54 valence electrons. The predicted molar refractivity (Wildman–Crippen MR) is 45.2 cm³/mol. The Morgan fingerprint density at radius 2 is 1.90 bits per heavy atom. The second-order valence-corrected chi connectivity index (χ2v) is 2.94. The molecule has 0 spiro atoms. The molecule has 1 amide bonds. The van der Waals surface area contributed by atoms with Crippen molar-refractivity contribution >= 4 is 35.5 Å². The summed E-state index contributed by atoms with van der Waals surface area (Å²) in [6, 6.07) is 0. The van der Waals surface area contributed by atoms with E-state index in [-0.39, 0.29) is 41.0 Å². The van der Waals surface area contributed by atoms with Gasteiger partial charge in [0.15, 0.2) is 0 Å². The van der Waals surface area contributed by atoms with Gasteiger partial charge in [-0.1, -0.05) is 6.58 Å². The Balaban J connectivity index is 0. The molecule has 3 heteroatoms. The van der Waals surface area contributed by atoms with Gasteiger partial charge >= 0.3 is 29.6 Å². The van der Waals surface area contributed by atoms with Crippen molar-refractivity contribution in [3.63, 3.8) is 0 Å². The van der Waals surface area contributed by atoms with Crippen LogP contribution in [0.4, 0.5) is 0 Å². The summed E-state index contributed by atoms with van der Waals surface area (Å²) in [6.07, 6.45) is 1.27. The van der Waals surface area contributed by atoms with Crippen LogP contribution in [0.1, 0.15) is 20.8 Å². The fourth-order valence-electron chi connectivity index (χ4n) is 0.421. The topological polar surface area (TPSA) is 29.1 Å². The van der Waals surface area contributed by atoms with E-state index in [2.05, 4.69) is 11.9 Å². The molecule has 0 fully saturated rings. The van der Waals surface area contributed by atoms with Crippen LogP contribution in [0.3, 0.4) is 0 Å². The summed E-state index contributed by atoms with van der Waals surface area (Å²) in [4.78, 5) is 10.6. The van der Waals surface area contributed by atoms with Gasteiger partial charge < -0.3 is 5.32 Å². The van der Waals surface area contributed by atoms with Crippen molar-refractivity contribution in [1.82, 2.24) is 5.32 Å². The molecule has 0 radical (unpaired) electrons. The Hall–Kier alpha value is 0.210. The number of nitrogens with one attached hydrogen (secondary N) is 1. The van der Waals surface area contributed by atoms with Crippen LogP contribution in [0.15, 0.2) is 12.7 Å². The van der Waals surface area contributed by atoms with Crippen LogP contribution < -0.4 is 5.32 Å². The summed E-state index contributed by atoms with van der Waals surface area (Å²) in [6.45, 7) is 9.11. The van der Waals surface area contributed by atoms with E-state index in [0.717, 1.165) is 0 Å². The molecule has 0 heterocycles. The molecule has 0 aliphatic heterocycles. The van der Waals surface area contributed by atoms with Crippen LogP contribution in [0, 0.1) is 0 Å². The van der Waals surface area contributed by atoms with Gasteiger partial charge in [0.05, 0.1) is 0 Å². The van der Waals surface area contributed by atoms with Crippen molar-refractivity contribution in [3.8, 4) is 0 Å². The Kier molecular flexibility index (Phi) is 6.35. The van der Waals surface area contributed by atoms with Gasteiger partial charge in [-0.15, -0.1) is 0 Å². The van der Waals surface area contributed by atoms with Gasteiger partial charge in [-0.25, -0.2) is 0 Å². The van der Waals surface area contributed by atoms with Gasteiger partial charge in [-0.3, -0.25) is 4.79 Å². The third-order valence-corrected chi connectivity index (χ3v) is 0.684. The molecule has 0 bridgehead atoms. The minimum absolute atomic E-state index is 0. The zero-order valence-corrected chi connectivity index (χ0v) is 6.19. The van der Waals surface area contributed by atoms with Gasteiger partial charge in [0.2, 0.25) is 5.91 Å². The Morgan fingerprint density at radius 1 is 1.50 bits per heavy atom. The normalized spacial score (nSPS) is 9.50.